The zero-order valence-electron chi connectivity index (χ0n) is 17.8. The number of rotatable bonds is 9. The van der Waals surface area contributed by atoms with Gasteiger partial charge in [0.25, 0.3) is 0 Å². The Labute approximate surface area is 176 Å². The summed E-state index contributed by atoms with van der Waals surface area (Å²) in [6.45, 7) is 2.50. The van der Waals surface area contributed by atoms with Crippen LogP contribution in [0.5, 0.6) is 17.2 Å². The SMILES string of the molecule is COc1cc(CCC(=O)Nc2cc(C)nn2Cc2ccccc2)cc(OC)c1OC. The highest BCUT2D eigenvalue weighted by Gasteiger charge is 2.15. The molecule has 0 aliphatic rings. The van der Waals surface area contributed by atoms with Gasteiger partial charge in [-0.3, -0.25) is 4.79 Å². The lowest BCUT2D eigenvalue weighted by Gasteiger charge is -2.14. The van der Waals surface area contributed by atoms with Crippen LogP contribution in [-0.2, 0) is 17.8 Å². The van der Waals surface area contributed by atoms with Crippen LogP contribution in [0.1, 0.15) is 23.2 Å². The van der Waals surface area contributed by atoms with Crippen LogP contribution >= 0.6 is 0 Å². The molecule has 158 valence electrons. The van der Waals surface area contributed by atoms with Crippen LogP contribution in [0, 0.1) is 6.92 Å². The molecule has 30 heavy (non-hydrogen) atoms. The van der Waals surface area contributed by atoms with E-state index in [1.165, 1.54) is 0 Å². The van der Waals surface area contributed by atoms with Crippen LogP contribution in [0.2, 0.25) is 0 Å². The molecule has 3 aromatic rings. The number of aryl methyl sites for hydroxylation is 2. The highest BCUT2D eigenvalue weighted by atomic mass is 16.5. The van der Waals surface area contributed by atoms with Crippen LogP contribution in [-0.4, -0.2) is 37.0 Å². The Bertz CT molecular complexity index is 974. The van der Waals surface area contributed by atoms with Crippen LogP contribution in [0.4, 0.5) is 5.82 Å². The van der Waals surface area contributed by atoms with Crippen molar-refractivity contribution in [1.29, 1.82) is 0 Å². The van der Waals surface area contributed by atoms with Crippen LogP contribution < -0.4 is 19.5 Å². The van der Waals surface area contributed by atoms with E-state index in [2.05, 4.69) is 10.4 Å². The minimum Gasteiger partial charge on any atom is -0.493 e. The van der Waals surface area contributed by atoms with Gasteiger partial charge in [0, 0.05) is 12.5 Å². The number of carbonyl (C=O) groups excluding carboxylic acids is 1. The zero-order valence-corrected chi connectivity index (χ0v) is 17.8. The highest BCUT2D eigenvalue weighted by molar-refractivity contribution is 5.90. The second-order valence-corrected chi connectivity index (χ2v) is 6.90. The van der Waals surface area contributed by atoms with E-state index in [-0.39, 0.29) is 5.91 Å². The summed E-state index contributed by atoms with van der Waals surface area (Å²) >= 11 is 0. The summed E-state index contributed by atoms with van der Waals surface area (Å²) in [6.07, 6.45) is 0.850. The lowest BCUT2D eigenvalue weighted by atomic mass is 10.1. The fourth-order valence-electron chi connectivity index (χ4n) is 3.27. The van der Waals surface area contributed by atoms with E-state index in [0.717, 1.165) is 16.8 Å². The van der Waals surface area contributed by atoms with Gasteiger partial charge in [0.1, 0.15) is 5.82 Å². The molecule has 0 aliphatic heterocycles. The highest BCUT2D eigenvalue weighted by Crippen LogP contribution is 2.38. The molecule has 7 nitrogen and oxygen atoms in total. The number of benzene rings is 2. The van der Waals surface area contributed by atoms with Gasteiger partial charge >= 0.3 is 0 Å². The minimum atomic E-state index is -0.0852. The fraction of sp³-hybridized carbons (Fsp3) is 0.304. The minimum absolute atomic E-state index is 0.0852. The van der Waals surface area contributed by atoms with Crippen molar-refractivity contribution in [2.75, 3.05) is 26.6 Å². The Morgan fingerprint density at radius 2 is 1.63 bits per heavy atom. The lowest BCUT2D eigenvalue weighted by Crippen LogP contribution is -2.16. The first-order valence-corrected chi connectivity index (χ1v) is 9.71. The third-order valence-corrected chi connectivity index (χ3v) is 4.71. The van der Waals surface area contributed by atoms with Crippen molar-refractivity contribution in [1.82, 2.24) is 9.78 Å². The van der Waals surface area contributed by atoms with Gasteiger partial charge < -0.3 is 19.5 Å². The van der Waals surface area contributed by atoms with Crippen LogP contribution in [0.25, 0.3) is 0 Å². The largest absolute Gasteiger partial charge is 0.493 e. The fourth-order valence-corrected chi connectivity index (χ4v) is 3.27. The summed E-state index contributed by atoms with van der Waals surface area (Å²) in [5, 5.41) is 7.47. The van der Waals surface area contributed by atoms with Gasteiger partial charge in [-0.1, -0.05) is 30.3 Å². The number of methoxy groups -OCH3 is 3. The lowest BCUT2D eigenvalue weighted by molar-refractivity contribution is -0.116. The van der Waals surface area contributed by atoms with Gasteiger partial charge in [0.05, 0.1) is 33.6 Å². The van der Waals surface area contributed by atoms with E-state index in [1.807, 2.05) is 60.1 Å². The Morgan fingerprint density at radius 1 is 0.967 bits per heavy atom. The summed E-state index contributed by atoms with van der Waals surface area (Å²) < 4.78 is 17.9. The first-order valence-electron chi connectivity index (χ1n) is 9.71. The quantitative estimate of drug-likeness (QED) is 0.581. The first kappa shape index (κ1) is 21.2. The molecular formula is C23H27N3O4. The normalized spacial score (nSPS) is 10.5. The summed E-state index contributed by atoms with van der Waals surface area (Å²) in [7, 11) is 4.71. The van der Waals surface area contributed by atoms with Gasteiger partial charge in [0.15, 0.2) is 11.5 Å². The molecule has 0 atom stereocenters. The number of hydrogen-bond acceptors (Lipinski definition) is 5. The molecule has 0 radical (unpaired) electrons. The molecule has 1 N–H and O–H groups in total. The van der Waals surface area contributed by atoms with Gasteiger partial charge in [-0.05, 0) is 36.6 Å². The molecule has 3 rings (SSSR count). The second-order valence-electron chi connectivity index (χ2n) is 6.90. The molecule has 0 unspecified atom stereocenters. The molecule has 0 saturated heterocycles. The maximum Gasteiger partial charge on any atom is 0.225 e. The van der Waals surface area contributed by atoms with E-state index >= 15 is 0 Å². The molecule has 2 aromatic carbocycles. The molecule has 0 aliphatic carbocycles. The zero-order chi connectivity index (χ0) is 21.5. The number of ether oxygens (including phenoxy) is 3. The molecule has 1 aromatic heterocycles. The van der Waals surface area contributed by atoms with Crippen LogP contribution in [0.15, 0.2) is 48.5 Å². The number of hydrogen-bond donors (Lipinski definition) is 1. The number of nitrogens with zero attached hydrogens (tertiary/aromatic N) is 2. The Balaban J connectivity index is 1.67. The van der Waals surface area contributed by atoms with E-state index < -0.39 is 0 Å². The van der Waals surface area contributed by atoms with Crippen LogP contribution in [0.3, 0.4) is 0 Å². The number of carbonyl (C=O) groups is 1. The van der Waals surface area contributed by atoms with Crippen molar-refractivity contribution in [3.8, 4) is 17.2 Å². The van der Waals surface area contributed by atoms with Crippen molar-refractivity contribution < 1.29 is 19.0 Å². The first-order chi connectivity index (χ1) is 14.5. The number of nitrogens with one attached hydrogen (secondary N) is 1. The predicted octanol–water partition coefficient (Wildman–Crippen LogP) is 3.84. The molecular weight excluding hydrogens is 382 g/mol. The average Bonchev–Trinajstić information content (AvgIpc) is 3.10. The summed E-state index contributed by atoms with van der Waals surface area (Å²) in [6, 6.07) is 15.6. The van der Waals surface area contributed by atoms with Gasteiger partial charge in [0.2, 0.25) is 11.7 Å². The van der Waals surface area contributed by atoms with Crippen molar-refractivity contribution >= 4 is 11.7 Å². The van der Waals surface area contributed by atoms with Crippen molar-refractivity contribution in [2.45, 2.75) is 26.3 Å². The number of anilines is 1. The third-order valence-electron chi connectivity index (χ3n) is 4.71. The van der Waals surface area contributed by atoms with E-state index in [9.17, 15) is 4.79 Å². The van der Waals surface area contributed by atoms with E-state index in [1.54, 1.807) is 21.3 Å². The maximum atomic E-state index is 12.6. The topological polar surface area (TPSA) is 74.6 Å². The summed E-state index contributed by atoms with van der Waals surface area (Å²) in [5.74, 6) is 2.28. The van der Waals surface area contributed by atoms with Gasteiger partial charge in [-0.25, -0.2) is 4.68 Å². The third kappa shape index (κ3) is 5.11. The second kappa shape index (κ2) is 9.82. The maximum absolute atomic E-state index is 12.6. The Kier molecular flexibility index (Phi) is 6.95. The Morgan fingerprint density at radius 3 is 2.23 bits per heavy atom. The van der Waals surface area contributed by atoms with Gasteiger partial charge in [-0.15, -0.1) is 0 Å². The van der Waals surface area contributed by atoms with Crippen molar-refractivity contribution in [2.24, 2.45) is 0 Å². The smallest absolute Gasteiger partial charge is 0.225 e. The molecule has 0 saturated carbocycles. The Hall–Kier alpha value is -3.48. The number of amides is 1. The monoisotopic (exact) mass is 409 g/mol. The summed E-state index contributed by atoms with van der Waals surface area (Å²) in [4.78, 5) is 12.6. The van der Waals surface area contributed by atoms with E-state index in [4.69, 9.17) is 14.2 Å². The molecule has 0 spiro atoms. The molecule has 0 fully saturated rings. The van der Waals surface area contributed by atoms with E-state index in [0.29, 0.717) is 42.5 Å². The predicted molar refractivity (Wildman–Crippen MR) is 116 cm³/mol. The summed E-state index contributed by atoms with van der Waals surface area (Å²) in [5.41, 5.74) is 2.90. The molecule has 7 heteroatoms. The average molecular weight is 409 g/mol. The van der Waals surface area contributed by atoms with Crippen molar-refractivity contribution in [3.05, 3.63) is 65.4 Å². The standard InChI is InChI=1S/C23H27N3O4/c1-16-12-21(26(25-16)15-17-8-6-5-7-9-17)24-22(27)11-10-18-13-19(28-2)23(30-4)20(14-18)29-3/h5-9,12-14H,10-11,15H2,1-4H3,(H,24,27). The van der Waals surface area contributed by atoms with Gasteiger partial charge in [-0.2, -0.15) is 5.10 Å². The molecule has 1 amide bonds. The van der Waals surface area contributed by atoms with Crippen molar-refractivity contribution in [3.63, 3.8) is 0 Å². The number of aromatic nitrogens is 2. The molecule has 0 bridgehead atoms. The molecule has 1 heterocycles.